The lowest BCUT2D eigenvalue weighted by atomic mass is 10.4. The van der Waals surface area contributed by atoms with Crippen molar-refractivity contribution in [3.05, 3.63) is 0 Å². The molecule has 0 radical (unpaired) electrons. The predicted octanol–water partition coefficient (Wildman–Crippen LogP) is 1.88. The van der Waals surface area contributed by atoms with Gasteiger partial charge in [0.15, 0.2) is 0 Å². The Labute approximate surface area is 102 Å². The fourth-order valence-corrected chi connectivity index (χ4v) is 3.41. The van der Waals surface area contributed by atoms with E-state index in [1.54, 1.807) is 0 Å². The second-order valence-electron chi connectivity index (χ2n) is 3.80. The normalized spacial score (nSPS) is 12.0. The van der Waals surface area contributed by atoms with E-state index < -0.39 is 8.88 Å². The highest BCUT2D eigenvalue weighted by Gasteiger charge is 2.36. The summed E-state index contributed by atoms with van der Waals surface area (Å²) in [6.07, 6.45) is 4.46. The summed E-state index contributed by atoms with van der Waals surface area (Å²) in [6.45, 7) is 8.80. The summed E-state index contributed by atoms with van der Waals surface area (Å²) in [4.78, 5) is 6.56. The Hall–Kier alpha value is 0.0569. The molecule has 0 spiro atoms. The molecule has 0 aliphatic carbocycles. The third-order valence-electron chi connectivity index (χ3n) is 2.35. The maximum atomic E-state index is 5.90. The van der Waals surface area contributed by atoms with E-state index in [1.807, 2.05) is 7.05 Å². The molecule has 0 atom stereocenters. The molecule has 0 saturated heterocycles. The average molecular weight is 248 g/mol. The summed E-state index contributed by atoms with van der Waals surface area (Å²) >= 11 is 0. The van der Waals surface area contributed by atoms with Crippen LogP contribution >= 0.6 is 0 Å². The van der Waals surface area contributed by atoms with Gasteiger partial charge in [0.05, 0.1) is 0 Å². The van der Waals surface area contributed by atoms with Crippen molar-refractivity contribution in [1.29, 1.82) is 0 Å². The van der Waals surface area contributed by atoms with E-state index in [9.17, 15) is 0 Å². The molecule has 0 aromatic rings. The fourth-order valence-electron chi connectivity index (χ4n) is 1.33. The van der Waals surface area contributed by atoms with E-state index in [1.165, 1.54) is 0 Å². The Balaban J connectivity index is 4.09. The van der Waals surface area contributed by atoms with Gasteiger partial charge in [0.1, 0.15) is 0 Å². The lowest BCUT2D eigenvalue weighted by Crippen LogP contribution is -2.66. The second-order valence-corrected chi connectivity index (χ2v) is 6.47. The topological polar surface area (TPSA) is 42.5 Å². The zero-order valence-corrected chi connectivity index (χ0v) is 12.3. The van der Waals surface area contributed by atoms with E-state index in [4.69, 9.17) is 8.85 Å². The number of unbranched alkanes of at least 4 members (excludes halogenated alkanes) is 2. The van der Waals surface area contributed by atoms with Crippen LogP contribution in [0.4, 0.5) is 0 Å². The molecule has 16 heavy (non-hydrogen) atoms. The van der Waals surface area contributed by atoms with Crippen molar-refractivity contribution in [3.8, 4) is 0 Å². The van der Waals surface area contributed by atoms with Crippen LogP contribution in [-0.2, 0) is 8.85 Å². The Morgan fingerprint density at radius 2 is 1.44 bits per heavy atom. The molecule has 0 bridgehead atoms. The third-order valence-corrected chi connectivity index (χ3v) is 5.04. The summed E-state index contributed by atoms with van der Waals surface area (Å²) in [7, 11) is -0.434. The van der Waals surface area contributed by atoms with Crippen molar-refractivity contribution in [3.63, 3.8) is 0 Å². The smallest absolute Gasteiger partial charge is 0.371 e. The minimum atomic E-state index is -2.34. The summed E-state index contributed by atoms with van der Waals surface area (Å²) in [6, 6.07) is 0. The Bertz CT molecular complexity index is 149. The summed E-state index contributed by atoms with van der Waals surface area (Å²) < 4.78 is 11.8. The van der Waals surface area contributed by atoms with Crippen LogP contribution in [0.3, 0.4) is 0 Å². The summed E-state index contributed by atoms with van der Waals surface area (Å²) in [5.74, 6) is 0. The van der Waals surface area contributed by atoms with Crippen LogP contribution in [0, 0.1) is 0 Å². The van der Waals surface area contributed by atoms with Crippen molar-refractivity contribution >= 4 is 8.88 Å². The first-order valence-electron chi connectivity index (χ1n) is 6.46. The molecule has 0 aliphatic rings. The van der Waals surface area contributed by atoms with E-state index in [0.29, 0.717) is 0 Å². The van der Waals surface area contributed by atoms with Crippen LogP contribution in [0.15, 0.2) is 0 Å². The van der Waals surface area contributed by atoms with Crippen LogP contribution < -0.4 is 9.96 Å². The minimum Gasteiger partial charge on any atom is -0.371 e. The van der Waals surface area contributed by atoms with Crippen LogP contribution in [0.1, 0.15) is 46.5 Å². The van der Waals surface area contributed by atoms with Gasteiger partial charge in [-0.2, -0.15) is 0 Å². The van der Waals surface area contributed by atoms with Gasteiger partial charge in [0.2, 0.25) is 0 Å². The molecule has 5 heteroatoms. The van der Waals surface area contributed by atoms with E-state index in [0.717, 1.165) is 45.4 Å². The third kappa shape index (κ3) is 6.60. The maximum absolute atomic E-state index is 5.90. The molecule has 0 saturated carbocycles. The number of rotatable bonds is 11. The standard InChI is InChI=1S/C11H28N2O2Si/c1-5-8-10-14-16(12-4,13-7-3)15-11-9-6-2/h12-13H,5-11H2,1-4H3. The number of nitrogens with one attached hydrogen (secondary N) is 2. The maximum Gasteiger partial charge on any atom is 0.516 e. The van der Waals surface area contributed by atoms with Crippen LogP contribution in [-0.4, -0.2) is 35.7 Å². The van der Waals surface area contributed by atoms with Crippen LogP contribution in [0.2, 0.25) is 0 Å². The number of hydrogen-bond donors (Lipinski definition) is 2. The molecule has 2 N–H and O–H groups in total. The van der Waals surface area contributed by atoms with Gasteiger partial charge >= 0.3 is 8.88 Å². The van der Waals surface area contributed by atoms with E-state index >= 15 is 0 Å². The Morgan fingerprint density at radius 1 is 0.938 bits per heavy atom. The van der Waals surface area contributed by atoms with Gasteiger partial charge in [-0.05, 0) is 26.4 Å². The molecule has 0 aliphatic heterocycles. The minimum absolute atomic E-state index is 0.767. The first-order valence-corrected chi connectivity index (χ1v) is 8.28. The fraction of sp³-hybridized carbons (Fsp3) is 1.00. The van der Waals surface area contributed by atoms with Crippen molar-refractivity contribution in [1.82, 2.24) is 9.96 Å². The van der Waals surface area contributed by atoms with Crippen molar-refractivity contribution < 1.29 is 8.85 Å². The molecule has 0 fully saturated rings. The Kier molecular flexibility index (Phi) is 10.3. The molecule has 0 aromatic heterocycles. The molecule has 4 nitrogen and oxygen atoms in total. The van der Waals surface area contributed by atoms with Gasteiger partial charge in [-0.1, -0.05) is 33.6 Å². The Morgan fingerprint density at radius 3 is 1.75 bits per heavy atom. The van der Waals surface area contributed by atoms with Crippen molar-refractivity contribution in [2.24, 2.45) is 0 Å². The molecule has 0 unspecified atom stereocenters. The highest BCUT2D eigenvalue weighted by Crippen LogP contribution is 2.03. The van der Waals surface area contributed by atoms with Gasteiger partial charge in [-0.3, -0.25) is 9.96 Å². The SMILES string of the molecule is CCCCO[Si](NC)(NCC)OCCCC. The molecule has 0 heterocycles. The average Bonchev–Trinajstić information content (AvgIpc) is 2.29. The van der Waals surface area contributed by atoms with Gasteiger partial charge < -0.3 is 8.85 Å². The molecule has 98 valence electrons. The van der Waals surface area contributed by atoms with E-state index in [2.05, 4.69) is 30.7 Å². The molecule has 0 rings (SSSR count). The van der Waals surface area contributed by atoms with Gasteiger partial charge in [0, 0.05) is 13.2 Å². The molecule has 0 aromatic carbocycles. The van der Waals surface area contributed by atoms with Crippen molar-refractivity contribution in [2.45, 2.75) is 46.5 Å². The zero-order valence-electron chi connectivity index (χ0n) is 11.3. The molecular formula is C11H28N2O2Si. The molecule has 0 amide bonds. The first-order chi connectivity index (χ1) is 7.74. The van der Waals surface area contributed by atoms with Gasteiger partial charge in [-0.15, -0.1) is 0 Å². The predicted molar refractivity (Wildman–Crippen MR) is 70.2 cm³/mol. The van der Waals surface area contributed by atoms with Gasteiger partial charge in [0.25, 0.3) is 0 Å². The zero-order chi connectivity index (χ0) is 12.3. The largest absolute Gasteiger partial charge is 0.516 e. The van der Waals surface area contributed by atoms with Crippen molar-refractivity contribution in [2.75, 3.05) is 26.8 Å². The second kappa shape index (κ2) is 10.2. The quantitative estimate of drug-likeness (QED) is 0.433. The molecular weight excluding hydrogens is 220 g/mol. The van der Waals surface area contributed by atoms with Crippen LogP contribution in [0.5, 0.6) is 0 Å². The van der Waals surface area contributed by atoms with Gasteiger partial charge in [-0.25, -0.2) is 0 Å². The monoisotopic (exact) mass is 248 g/mol. The highest BCUT2D eigenvalue weighted by atomic mass is 28.4. The number of hydrogen-bond acceptors (Lipinski definition) is 4. The summed E-state index contributed by atoms with van der Waals surface area (Å²) in [5, 5.41) is 0. The highest BCUT2D eigenvalue weighted by molar-refractivity contribution is 6.62. The lowest BCUT2D eigenvalue weighted by Gasteiger charge is -2.29. The first kappa shape index (κ1) is 16.1. The summed E-state index contributed by atoms with van der Waals surface area (Å²) in [5.41, 5.74) is 0. The lowest BCUT2D eigenvalue weighted by molar-refractivity contribution is 0.145. The van der Waals surface area contributed by atoms with E-state index in [-0.39, 0.29) is 0 Å². The van der Waals surface area contributed by atoms with Crippen LogP contribution in [0.25, 0.3) is 0 Å².